The lowest BCUT2D eigenvalue weighted by Crippen LogP contribution is -2.32. The summed E-state index contributed by atoms with van der Waals surface area (Å²) in [5.74, 6) is -4.58. The number of carbonyl (C=O) groups is 2. The molecular weight excluding hydrogens is 283 g/mol. The van der Waals surface area contributed by atoms with Crippen molar-refractivity contribution < 1.29 is 22.8 Å². The first-order valence-electron chi connectivity index (χ1n) is 6.07. The molecule has 0 bridgehead atoms. The Bertz CT molecular complexity index is 760. The Hall–Kier alpha value is -2.63. The summed E-state index contributed by atoms with van der Waals surface area (Å²) in [5.41, 5.74) is -0.543. The zero-order valence-corrected chi connectivity index (χ0v) is 10.5. The van der Waals surface area contributed by atoms with Gasteiger partial charge in [0, 0.05) is 5.56 Å². The zero-order chi connectivity index (χ0) is 15.1. The van der Waals surface area contributed by atoms with E-state index < -0.39 is 35.2 Å². The summed E-state index contributed by atoms with van der Waals surface area (Å²) in [7, 11) is 0. The number of carbonyl (C=O) groups excluding carboxylic acids is 2. The van der Waals surface area contributed by atoms with Gasteiger partial charge in [0.25, 0.3) is 5.78 Å². The lowest BCUT2D eigenvalue weighted by Gasteiger charge is -2.21. The fourth-order valence-corrected chi connectivity index (χ4v) is 2.28. The van der Waals surface area contributed by atoms with Crippen LogP contribution in [0.25, 0.3) is 0 Å². The molecule has 1 aliphatic rings. The molecule has 21 heavy (non-hydrogen) atoms. The number of hydrogen-bond acceptors (Lipinski definition) is 2. The molecule has 0 aliphatic carbocycles. The molecule has 0 aromatic heterocycles. The van der Waals surface area contributed by atoms with Crippen molar-refractivity contribution in [2.75, 3.05) is 4.90 Å². The van der Waals surface area contributed by atoms with Crippen LogP contribution in [-0.4, -0.2) is 11.7 Å². The summed E-state index contributed by atoms with van der Waals surface area (Å²) in [6.45, 7) is 0. The number of benzene rings is 2. The topological polar surface area (TPSA) is 37.4 Å². The highest BCUT2D eigenvalue weighted by Gasteiger charge is 2.41. The largest absolute Gasteiger partial charge is 0.302 e. The van der Waals surface area contributed by atoms with Crippen LogP contribution in [0, 0.1) is 11.6 Å². The Kier molecular flexibility index (Phi) is 3.01. The van der Waals surface area contributed by atoms with Gasteiger partial charge in [-0.2, -0.15) is 0 Å². The summed E-state index contributed by atoms with van der Waals surface area (Å²) in [5, 5.41) is 0. The van der Waals surface area contributed by atoms with Gasteiger partial charge in [-0.3, -0.25) is 14.5 Å². The van der Waals surface area contributed by atoms with E-state index in [0.29, 0.717) is 4.90 Å². The smallest absolute Gasteiger partial charge is 0.283 e. The molecule has 3 rings (SSSR count). The van der Waals surface area contributed by atoms with Crippen LogP contribution >= 0.6 is 0 Å². The van der Waals surface area contributed by atoms with E-state index in [2.05, 4.69) is 0 Å². The van der Waals surface area contributed by atoms with Crippen molar-refractivity contribution in [1.29, 1.82) is 0 Å². The van der Waals surface area contributed by atoms with Crippen molar-refractivity contribution in [3.63, 3.8) is 0 Å². The lowest BCUT2D eigenvalue weighted by atomic mass is 10.1. The fraction of sp³-hybridized carbons (Fsp3) is 0.0667. The van der Waals surface area contributed by atoms with Crippen molar-refractivity contribution in [3.05, 3.63) is 65.2 Å². The van der Waals surface area contributed by atoms with Crippen molar-refractivity contribution in [1.82, 2.24) is 0 Å². The number of ketones is 1. The minimum absolute atomic E-state index is 0.0435. The molecule has 2 aromatic rings. The van der Waals surface area contributed by atoms with Crippen LogP contribution < -0.4 is 4.90 Å². The Balaban J connectivity index is 2.10. The number of nitrogens with zero attached hydrogens (tertiary/aromatic N) is 1. The Labute approximate surface area is 117 Å². The summed E-state index contributed by atoms with van der Waals surface area (Å²) < 4.78 is 41.4. The number of halogens is 3. The normalized spacial score (nSPS) is 15.3. The second kappa shape index (κ2) is 4.73. The highest BCUT2D eigenvalue weighted by Crippen LogP contribution is 2.37. The van der Waals surface area contributed by atoms with Gasteiger partial charge in [-0.05, 0) is 18.2 Å². The van der Waals surface area contributed by atoms with Gasteiger partial charge in [-0.25, -0.2) is 13.2 Å². The van der Waals surface area contributed by atoms with Crippen LogP contribution in [-0.2, 0) is 4.79 Å². The first-order chi connectivity index (χ1) is 10.0. The van der Waals surface area contributed by atoms with Crippen LogP contribution in [0.4, 0.5) is 18.9 Å². The lowest BCUT2D eigenvalue weighted by molar-refractivity contribution is -0.115. The van der Waals surface area contributed by atoms with Gasteiger partial charge in [-0.1, -0.05) is 24.3 Å². The molecule has 1 atom stereocenters. The molecule has 1 aliphatic heterocycles. The Morgan fingerprint density at radius 2 is 1.67 bits per heavy atom. The Morgan fingerprint density at radius 3 is 2.43 bits per heavy atom. The van der Waals surface area contributed by atoms with Gasteiger partial charge >= 0.3 is 5.91 Å². The second-order valence-electron chi connectivity index (χ2n) is 4.50. The van der Waals surface area contributed by atoms with E-state index in [4.69, 9.17) is 0 Å². The van der Waals surface area contributed by atoms with E-state index in [9.17, 15) is 22.8 Å². The molecule has 2 aromatic carbocycles. The van der Waals surface area contributed by atoms with Gasteiger partial charge in [0.1, 0.15) is 0 Å². The quantitative estimate of drug-likeness (QED) is 0.629. The number of rotatable bonds is 2. The molecule has 1 unspecified atom stereocenters. The molecule has 0 saturated heterocycles. The van der Waals surface area contributed by atoms with Crippen LogP contribution in [0.5, 0.6) is 0 Å². The molecule has 106 valence electrons. The van der Waals surface area contributed by atoms with E-state index in [0.717, 1.165) is 18.2 Å². The maximum absolute atomic E-state index is 14.5. The van der Waals surface area contributed by atoms with Crippen molar-refractivity contribution in [2.45, 2.75) is 6.30 Å². The summed E-state index contributed by atoms with van der Waals surface area (Å²) >= 11 is 0. The predicted molar refractivity (Wildman–Crippen MR) is 68.5 cm³/mol. The Morgan fingerprint density at radius 1 is 0.952 bits per heavy atom. The number of hydrogen-bond donors (Lipinski definition) is 0. The average Bonchev–Trinajstić information content (AvgIpc) is 2.74. The second-order valence-corrected chi connectivity index (χ2v) is 4.50. The van der Waals surface area contributed by atoms with Gasteiger partial charge in [0.15, 0.2) is 11.6 Å². The molecule has 0 spiro atoms. The minimum Gasteiger partial charge on any atom is -0.283 e. The number of fused-ring (bicyclic) bond motifs is 1. The molecule has 1 heterocycles. The molecule has 0 saturated carbocycles. The maximum Gasteiger partial charge on any atom is 0.302 e. The zero-order valence-electron chi connectivity index (χ0n) is 10.5. The average molecular weight is 291 g/mol. The number of amides is 1. The van der Waals surface area contributed by atoms with Gasteiger partial charge in [0.05, 0.1) is 11.3 Å². The first-order valence-corrected chi connectivity index (χ1v) is 6.07. The van der Waals surface area contributed by atoms with Crippen molar-refractivity contribution in [3.8, 4) is 0 Å². The van der Waals surface area contributed by atoms with E-state index in [-0.39, 0.29) is 11.3 Å². The molecule has 3 nitrogen and oxygen atoms in total. The van der Waals surface area contributed by atoms with Crippen LogP contribution in [0.1, 0.15) is 22.2 Å². The summed E-state index contributed by atoms with van der Waals surface area (Å²) in [4.78, 5) is 24.2. The number of Topliss-reactive ketones (excluding diaryl/α,β-unsaturated/α-hetero) is 1. The standard InChI is InChI=1S/C15H8F3NO2/c16-10-6-3-5-9(12(10)17)14(18)19-11-7-2-1-4-8(11)13(20)15(19)21/h1-7,14H. The third-order valence-corrected chi connectivity index (χ3v) is 3.29. The maximum atomic E-state index is 14.5. The predicted octanol–water partition coefficient (Wildman–Crippen LogP) is 3.16. The van der Waals surface area contributed by atoms with E-state index >= 15 is 0 Å². The monoisotopic (exact) mass is 291 g/mol. The number of alkyl halides is 1. The molecule has 0 fully saturated rings. The molecular formula is C15H8F3NO2. The number of anilines is 1. The molecule has 6 heteroatoms. The van der Waals surface area contributed by atoms with Gasteiger partial charge < -0.3 is 0 Å². The highest BCUT2D eigenvalue weighted by atomic mass is 19.2. The van der Waals surface area contributed by atoms with Gasteiger partial charge in [0.2, 0.25) is 6.30 Å². The highest BCUT2D eigenvalue weighted by molar-refractivity contribution is 6.52. The van der Waals surface area contributed by atoms with Crippen LogP contribution in [0.15, 0.2) is 42.5 Å². The summed E-state index contributed by atoms with van der Waals surface area (Å²) in [6, 6.07) is 8.81. The van der Waals surface area contributed by atoms with E-state index in [1.165, 1.54) is 24.3 Å². The minimum atomic E-state index is -2.28. The SMILES string of the molecule is O=C1C(=O)N(C(F)c2cccc(F)c2F)c2ccccc21. The van der Waals surface area contributed by atoms with E-state index in [1.54, 1.807) is 0 Å². The molecule has 1 amide bonds. The van der Waals surface area contributed by atoms with Crippen molar-refractivity contribution >= 4 is 17.4 Å². The molecule has 0 radical (unpaired) electrons. The van der Waals surface area contributed by atoms with Gasteiger partial charge in [-0.15, -0.1) is 0 Å². The first kappa shape index (κ1) is 13.4. The van der Waals surface area contributed by atoms with Crippen LogP contribution in [0.3, 0.4) is 0 Å². The van der Waals surface area contributed by atoms with Crippen molar-refractivity contribution in [2.24, 2.45) is 0 Å². The molecule has 0 N–H and O–H groups in total. The van der Waals surface area contributed by atoms with E-state index in [1.807, 2.05) is 0 Å². The number of para-hydroxylation sites is 1. The third kappa shape index (κ3) is 1.91. The third-order valence-electron chi connectivity index (χ3n) is 3.29. The summed E-state index contributed by atoms with van der Waals surface area (Å²) in [6.07, 6.45) is -2.28. The fourth-order valence-electron chi connectivity index (χ4n) is 2.28. The van der Waals surface area contributed by atoms with Crippen LogP contribution in [0.2, 0.25) is 0 Å².